The highest BCUT2D eigenvalue weighted by Crippen LogP contribution is 2.29. The third-order valence-electron chi connectivity index (χ3n) is 1.90. The van der Waals surface area contributed by atoms with E-state index in [2.05, 4.69) is 6.07 Å². The van der Waals surface area contributed by atoms with Crippen molar-refractivity contribution in [3.63, 3.8) is 0 Å². The lowest BCUT2D eigenvalue weighted by Crippen LogP contribution is -1.98. The molecule has 0 aliphatic carbocycles. The molecule has 0 atom stereocenters. The number of nitriles is 1. The van der Waals surface area contributed by atoms with Gasteiger partial charge in [0.15, 0.2) is 6.29 Å². The number of nitrogens with zero attached hydrogens (tertiary/aromatic N) is 1. The van der Waals surface area contributed by atoms with Crippen molar-refractivity contribution in [2.75, 3.05) is 13.2 Å². The Labute approximate surface area is 80.5 Å². The molecule has 1 aromatic heterocycles. The normalized spacial score (nSPS) is 17.5. The zero-order valence-electron chi connectivity index (χ0n) is 7.03. The Morgan fingerprint density at radius 2 is 2.31 bits per heavy atom. The molecule has 4 heteroatoms. The van der Waals surface area contributed by atoms with Gasteiger partial charge in [-0.3, -0.25) is 0 Å². The van der Waals surface area contributed by atoms with Crippen LogP contribution in [0.4, 0.5) is 0 Å². The molecule has 1 aliphatic rings. The van der Waals surface area contributed by atoms with Crippen LogP contribution in [0.15, 0.2) is 11.4 Å². The fourth-order valence-corrected chi connectivity index (χ4v) is 2.14. The molecule has 0 amide bonds. The fourth-order valence-electron chi connectivity index (χ4n) is 1.31. The molecule has 0 bridgehead atoms. The predicted octanol–water partition coefficient (Wildman–Crippen LogP) is 1.86. The van der Waals surface area contributed by atoms with Crippen LogP contribution in [0.2, 0.25) is 0 Å². The molecular formula is C9H9NO2S. The molecule has 13 heavy (non-hydrogen) atoms. The smallest absolute Gasteiger partial charge is 0.185 e. The van der Waals surface area contributed by atoms with E-state index in [1.54, 1.807) is 11.3 Å². The minimum atomic E-state index is -0.241. The standard InChI is InChI=1S/C9H9NO2S/c10-3-1-8-7(2-6-13-8)9-11-4-5-12-9/h2,6,9H,1,4-5H2. The van der Waals surface area contributed by atoms with E-state index in [9.17, 15) is 0 Å². The van der Waals surface area contributed by atoms with Gasteiger partial charge in [-0.1, -0.05) is 0 Å². The molecule has 3 nitrogen and oxygen atoms in total. The Morgan fingerprint density at radius 1 is 1.54 bits per heavy atom. The Kier molecular flexibility index (Phi) is 2.60. The molecule has 0 aromatic carbocycles. The molecule has 0 unspecified atom stereocenters. The first kappa shape index (κ1) is 8.70. The Bertz CT molecular complexity index is 323. The van der Waals surface area contributed by atoms with Crippen LogP contribution in [0.25, 0.3) is 0 Å². The molecule has 2 rings (SSSR count). The fraction of sp³-hybridized carbons (Fsp3) is 0.444. The highest BCUT2D eigenvalue weighted by molar-refractivity contribution is 7.10. The molecule has 68 valence electrons. The summed E-state index contributed by atoms with van der Waals surface area (Å²) < 4.78 is 10.7. The molecule has 1 aromatic rings. The summed E-state index contributed by atoms with van der Waals surface area (Å²) in [6, 6.07) is 4.10. The highest BCUT2D eigenvalue weighted by atomic mass is 32.1. The zero-order valence-corrected chi connectivity index (χ0v) is 7.84. The van der Waals surface area contributed by atoms with Crippen molar-refractivity contribution in [2.45, 2.75) is 12.7 Å². The lowest BCUT2D eigenvalue weighted by atomic mass is 10.2. The predicted molar refractivity (Wildman–Crippen MR) is 48.3 cm³/mol. The minimum Gasteiger partial charge on any atom is -0.346 e. The second-order valence-corrected chi connectivity index (χ2v) is 3.71. The quantitative estimate of drug-likeness (QED) is 0.723. The first-order chi connectivity index (χ1) is 6.42. The van der Waals surface area contributed by atoms with Gasteiger partial charge in [-0.2, -0.15) is 5.26 Å². The van der Waals surface area contributed by atoms with Crippen molar-refractivity contribution in [3.05, 3.63) is 21.9 Å². The minimum absolute atomic E-state index is 0.241. The van der Waals surface area contributed by atoms with Crippen LogP contribution in [0.3, 0.4) is 0 Å². The Morgan fingerprint density at radius 3 is 3.00 bits per heavy atom. The summed E-state index contributed by atoms with van der Waals surface area (Å²) in [5.41, 5.74) is 1.02. The summed E-state index contributed by atoms with van der Waals surface area (Å²) in [5, 5.41) is 10.5. The third kappa shape index (κ3) is 1.73. The first-order valence-corrected chi connectivity index (χ1v) is 4.96. The van der Waals surface area contributed by atoms with Crippen LogP contribution in [0, 0.1) is 11.3 Å². The lowest BCUT2D eigenvalue weighted by Gasteiger charge is -2.07. The third-order valence-corrected chi connectivity index (χ3v) is 2.83. The second kappa shape index (κ2) is 3.88. The molecule has 0 saturated carbocycles. The van der Waals surface area contributed by atoms with Gasteiger partial charge in [-0.05, 0) is 11.4 Å². The van der Waals surface area contributed by atoms with E-state index < -0.39 is 0 Å². The van der Waals surface area contributed by atoms with Crippen molar-refractivity contribution < 1.29 is 9.47 Å². The maximum absolute atomic E-state index is 8.58. The van der Waals surface area contributed by atoms with Gasteiger partial charge in [-0.15, -0.1) is 11.3 Å². The van der Waals surface area contributed by atoms with E-state index in [1.807, 2.05) is 11.4 Å². The molecule has 1 aliphatic heterocycles. The van der Waals surface area contributed by atoms with Crippen molar-refractivity contribution in [1.82, 2.24) is 0 Å². The van der Waals surface area contributed by atoms with Crippen molar-refractivity contribution in [2.24, 2.45) is 0 Å². The van der Waals surface area contributed by atoms with Gasteiger partial charge in [0.1, 0.15) is 0 Å². The average Bonchev–Trinajstić information content (AvgIpc) is 2.71. The summed E-state index contributed by atoms with van der Waals surface area (Å²) in [5.74, 6) is 0. The van der Waals surface area contributed by atoms with E-state index in [1.165, 1.54) is 0 Å². The number of hydrogen-bond donors (Lipinski definition) is 0. The molecule has 1 fully saturated rings. The summed E-state index contributed by atoms with van der Waals surface area (Å²) in [6.07, 6.45) is 0.200. The van der Waals surface area contributed by atoms with Crippen LogP contribution >= 0.6 is 11.3 Å². The Hall–Kier alpha value is -0.890. The van der Waals surface area contributed by atoms with E-state index in [0.29, 0.717) is 19.6 Å². The van der Waals surface area contributed by atoms with E-state index in [0.717, 1.165) is 10.4 Å². The number of thiophene rings is 1. The van der Waals surface area contributed by atoms with Crippen molar-refractivity contribution in [3.8, 4) is 6.07 Å². The second-order valence-electron chi connectivity index (χ2n) is 2.71. The monoisotopic (exact) mass is 195 g/mol. The SMILES string of the molecule is N#CCc1sccc1C1OCCO1. The van der Waals surface area contributed by atoms with Crippen molar-refractivity contribution >= 4 is 11.3 Å². The van der Waals surface area contributed by atoms with E-state index in [4.69, 9.17) is 14.7 Å². The van der Waals surface area contributed by atoms with Gasteiger partial charge < -0.3 is 9.47 Å². The summed E-state index contributed by atoms with van der Waals surface area (Å²) in [7, 11) is 0. The van der Waals surface area contributed by atoms with Gasteiger partial charge in [0.25, 0.3) is 0 Å². The van der Waals surface area contributed by atoms with Crippen LogP contribution in [-0.2, 0) is 15.9 Å². The first-order valence-electron chi connectivity index (χ1n) is 4.08. The van der Waals surface area contributed by atoms with Gasteiger partial charge >= 0.3 is 0 Å². The largest absolute Gasteiger partial charge is 0.346 e. The van der Waals surface area contributed by atoms with Crippen molar-refractivity contribution in [1.29, 1.82) is 5.26 Å². The number of hydrogen-bond acceptors (Lipinski definition) is 4. The molecule has 0 N–H and O–H groups in total. The average molecular weight is 195 g/mol. The molecule has 1 saturated heterocycles. The van der Waals surface area contributed by atoms with Gasteiger partial charge in [0.05, 0.1) is 25.7 Å². The van der Waals surface area contributed by atoms with Gasteiger partial charge in [0, 0.05) is 10.4 Å². The van der Waals surface area contributed by atoms with Crippen LogP contribution < -0.4 is 0 Å². The zero-order chi connectivity index (χ0) is 9.10. The van der Waals surface area contributed by atoms with Gasteiger partial charge in [-0.25, -0.2) is 0 Å². The van der Waals surface area contributed by atoms with Gasteiger partial charge in [0.2, 0.25) is 0 Å². The summed E-state index contributed by atoms with van der Waals surface area (Å²) in [4.78, 5) is 1.05. The van der Waals surface area contributed by atoms with E-state index >= 15 is 0 Å². The maximum atomic E-state index is 8.58. The number of ether oxygens (including phenoxy) is 2. The molecular weight excluding hydrogens is 186 g/mol. The Balaban J connectivity index is 2.19. The van der Waals surface area contributed by atoms with Crippen LogP contribution in [0.1, 0.15) is 16.7 Å². The summed E-state index contributed by atoms with van der Waals surface area (Å²) >= 11 is 1.58. The summed E-state index contributed by atoms with van der Waals surface area (Å²) in [6.45, 7) is 1.29. The molecule has 2 heterocycles. The highest BCUT2D eigenvalue weighted by Gasteiger charge is 2.21. The topological polar surface area (TPSA) is 42.2 Å². The van der Waals surface area contributed by atoms with Crippen LogP contribution in [-0.4, -0.2) is 13.2 Å². The van der Waals surface area contributed by atoms with Crippen LogP contribution in [0.5, 0.6) is 0 Å². The molecule has 0 radical (unpaired) electrons. The molecule has 0 spiro atoms. The van der Waals surface area contributed by atoms with E-state index in [-0.39, 0.29) is 6.29 Å². The number of rotatable bonds is 2. The maximum Gasteiger partial charge on any atom is 0.185 e. The lowest BCUT2D eigenvalue weighted by molar-refractivity contribution is -0.0442.